The molecule has 2 N–H and O–H groups in total. The number of hydrogen-bond donors (Lipinski definition) is 2. The molecule has 0 aliphatic rings. The lowest BCUT2D eigenvalue weighted by molar-refractivity contribution is 0.598. The van der Waals surface area contributed by atoms with Crippen LogP contribution in [0.3, 0.4) is 0 Å². The predicted molar refractivity (Wildman–Crippen MR) is 67.7 cm³/mol. The average Bonchev–Trinajstić information content (AvgIpc) is 2.81. The number of aromatic amines is 1. The lowest BCUT2D eigenvalue weighted by Gasteiger charge is -2.07. The monoisotopic (exact) mass is 266 g/mol. The van der Waals surface area contributed by atoms with Crippen molar-refractivity contribution in [2.45, 2.75) is 25.3 Å². The Morgan fingerprint density at radius 3 is 2.78 bits per heavy atom. The summed E-state index contributed by atoms with van der Waals surface area (Å²) in [5, 5.41) is 0.0580. The van der Waals surface area contributed by atoms with Gasteiger partial charge in [-0.2, -0.15) is 8.42 Å². The molecule has 0 spiro atoms. The minimum Gasteiger partial charge on any atom is -0.332 e. The topological polar surface area (TPSA) is 87.7 Å². The number of rotatable bonds is 4. The third-order valence-electron chi connectivity index (χ3n) is 2.51. The first-order valence-electron chi connectivity index (χ1n) is 5.50. The van der Waals surface area contributed by atoms with Crippen molar-refractivity contribution in [1.82, 2.24) is 15.0 Å². The maximum absolute atomic E-state index is 12.1. The van der Waals surface area contributed by atoms with Crippen LogP contribution in [-0.4, -0.2) is 23.4 Å². The van der Waals surface area contributed by atoms with Crippen molar-refractivity contribution < 1.29 is 8.42 Å². The Balaban J connectivity index is 2.30. The van der Waals surface area contributed by atoms with Gasteiger partial charge in [-0.15, -0.1) is 0 Å². The van der Waals surface area contributed by atoms with Gasteiger partial charge in [-0.25, -0.2) is 4.98 Å². The van der Waals surface area contributed by atoms with E-state index in [-0.39, 0.29) is 5.03 Å². The second kappa shape index (κ2) is 4.77. The summed E-state index contributed by atoms with van der Waals surface area (Å²) in [4.78, 5) is 10.6. The molecule has 0 saturated heterocycles. The highest BCUT2D eigenvalue weighted by molar-refractivity contribution is 7.92. The van der Waals surface area contributed by atoms with E-state index in [4.69, 9.17) is 0 Å². The van der Waals surface area contributed by atoms with Gasteiger partial charge in [-0.05, 0) is 18.6 Å². The van der Waals surface area contributed by atoms with Crippen molar-refractivity contribution in [1.29, 1.82) is 0 Å². The molecule has 2 heterocycles. The highest BCUT2D eigenvalue weighted by atomic mass is 32.2. The molecule has 7 heteroatoms. The van der Waals surface area contributed by atoms with Gasteiger partial charge in [0, 0.05) is 12.6 Å². The molecule has 2 aromatic rings. The van der Waals surface area contributed by atoms with Gasteiger partial charge >= 0.3 is 0 Å². The van der Waals surface area contributed by atoms with Crippen molar-refractivity contribution in [3.63, 3.8) is 0 Å². The number of aryl methyl sites for hydroxylation is 2. The van der Waals surface area contributed by atoms with Crippen LogP contribution < -0.4 is 4.72 Å². The summed E-state index contributed by atoms with van der Waals surface area (Å²) in [6, 6.07) is 1.74. The van der Waals surface area contributed by atoms with Crippen molar-refractivity contribution in [3.05, 3.63) is 36.0 Å². The molecule has 0 fully saturated rings. The van der Waals surface area contributed by atoms with E-state index in [2.05, 4.69) is 19.7 Å². The molecule has 0 aromatic carbocycles. The van der Waals surface area contributed by atoms with E-state index in [1.54, 1.807) is 12.3 Å². The Bertz CT molecular complexity index is 649. The molecule has 0 radical (unpaired) electrons. The summed E-state index contributed by atoms with van der Waals surface area (Å²) in [5.74, 6) is 0.637. The van der Waals surface area contributed by atoms with Gasteiger partial charge in [-0.1, -0.05) is 6.92 Å². The fraction of sp³-hybridized carbons (Fsp3) is 0.273. The van der Waals surface area contributed by atoms with E-state index >= 15 is 0 Å². The van der Waals surface area contributed by atoms with Crippen LogP contribution in [0.4, 0.5) is 5.69 Å². The largest absolute Gasteiger partial charge is 0.332 e. The molecule has 0 aliphatic heterocycles. The minimum atomic E-state index is -3.63. The van der Waals surface area contributed by atoms with Crippen LogP contribution in [0, 0.1) is 6.92 Å². The van der Waals surface area contributed by atoms with Crippen molar-refractivity contribution in [3.8, 4) is 0 Å². The average molecular weight is 266 g/mol. The van der Waals surface area contributed by atoms with Gasteiger partial charge in [0.05, 0.1) is 18.1 Å². The maximum atomic E-state index is 12.1. The molecule has 18 heavy (non-hydrogen) atoms. The lowest BCUT2D eigenvalue weighted by Crippen LogP contribution is -2.14. The molecular formula is C11H14N4O2S. The Hall–Kier alpha value is -1.89. The van der Waals surface area contributed by atoms with Gasteiger partial charge in [0.25, 0.3) is 10.0 Å². The Kier molecular flexibility index (Phi) is 3.33. The van der Waals surface area contributed by atoms with Gasteiger partial charge in [0.15, 0.2) is 5.03 Å². The van der Waals surface area contributed by atoms with Crippen molar-refractivity contribution in [2.75, 3.05) is 4.72 Å². The molecular weight excluding hydrogens is 252 g/mol. The normalized spacial score (nSPS) is 11.4. The first-order chi connectivity index (χ1) is 8.53. The van der Waals surface area contributed by atoms with E-state index < -0.39 is 10.0 Å². The van der Waals surface area contributed by atoms with Gasteiger partial charge in [0.1, 0.15) is 5.82 Å². The SMILES string of the molecule is CCc1ncc(S(=O)(=O)Nc2cnccc2C)[nH]1. The van der Waals surface area contributed by atoms with E-state index in [1.165, 1.54) is 12.4 Å². The molecule has 6 nitrogen and oxygen atoms in total. The van der Waals surface area contributed by atoms with E-state index in [0.29, 0.717) is 17.9 Å². The number of nitrogens with zero attached hydrogens (tertiary/aromatic N) is 2. The summed E-state index contributed by atoms with van der Waals surface area (Å²) in [7, 11) is -3.63. The summed E-state index contributed by atoms with van der Waals surface area (Å²) in [5.41, 5.74) is 1.27. The summed E-state index contributed by atoms with van der Waals surface area (Å²) >= 11 is 0. The quantitative estimate of drug-likeness (QED) is 0.877. The van der Waals surface area contributed by atoms with E-state index in [1.807, 2.05) is 13.8 Å². The predicted octanol–water partition coefficient (Wildman–Crippen LogP) is 1.48. The zero-order chi connectivity index (χ0) is 13.2. The third kappa shape index (κ3) is 2.51. The second-order valence-electron chi connectivity index (χ2n) is 3.84. The standard InChI is InChI=1S/C11H14N4O2S/c1-3-10-13-7-11(14-10)18(16,17)15-9-6-12-5-4-8(9)2/h4-7,15H,3H2,1-2H3,(H,13,14). The molecule has 0 amide bonds. The number of imidazole rings is 1. The smallest absolute Gasteiger partial charge is 0.279 e. The Morgan fingerprint density at radius 1 is 1.39 bits per heavy atom. The van der Waals surface area contributed by atoms with Gasteiger partial charge in [-0.3, -0.25) is 9.71 Å². The number of H-pyrrole nitrogens is 1. The fourth-order valence-electron chi connectivity index (χ4n) is 1.43. The minimum absolute atomic E-state index is 0.0580. The Labute approximate surface area is 106 Å². The molecule has 0 saturated carbocycles. The highest BCUT2D eigenvalue weighted by Crippen LogP contribution is 2.17. The van der Waals surface area contributed by atoms with Crippen molar-refractivity contribution in [2.24, 2.45) is 0 Å². The molecule has 0 bridgehead atoms. The third-order valence-corrected chi connectivity index (χ3v) is 3.79. The zero-order valence-corrected chi connectivity index (χ0v) is 11.0. The van der Waals surface area contributed by atoms with Gasteiger partial charge in [0.2, 0.25) is 0 Å². The molecule has 0 aliphatic carbocycles. The molecule has 2 rings (SSSR count). The highest BCUT2D eigenvalue weighted by Gasteiger charge is 2.17. The second-order valence-corrected chi connectivity index (χ2v) is 5.49. The lowest BCUT2D eigenvalue weighted by atomic mass is 10.3. The van der Waals surface area contributed by atoms with Crippen LogP contribution >= 0.6 is 0 Å². The number of anilines is 1. The zero-order valence-electron chi connectivity index (χ0n) is 10.1. The number of sulfonamides is 1. The number of aromatic nitrogens is 3. The summed E-state index contributed by atoms with van der Waals surface area (Å²) in [6.07, 6.45) is 5.05. The number of nitrogens with one attached hydrogen (secondary N) is 2. The maximum Gasteiger partial charge on any atom is 0.279 e. The molecule has 0 unspecified atom stereocenters. The fourth-order valence-corrected chi connectivity index (χ4v) is 2.49. The molecule has 96 valence electrons. The Morgan fingerprint density at radius 2 is 2.17 bits per heavy atom. The number of pyridine rings is 1. The van der Waals surface area contributed by atoms with Crippen LogP contribution in [0.5, 0.6) is 0 Å². The first kappa shape index (κ1) is 12.6. The van der Waals surface area contributed by atoms with E-state index in [9.17, 15) is 8.42 Å². The molecule has 0 atom stereocenters. The number of hydrogen-bond acceptors (Lipinski definition) is 4. The molecule has 2 aromatic heterocycles. The van der Waals surface area contributed by atoms with Crippen molar-refractivity contribution >= 4 is 15.7 Å². The summed E-state index contributed by atoms with van der Waals surface area (Å²) < 4.78 is 26.6. The van der Waals surface area contributed by atoms with Crippen LogP contribution in [-0.2, 0) is 16.4 Å². The van der Waals surface area contributed by atoms with E-state index in [0.717, 1.165) is 5.56 Å². The summed E-state index contributed by atoms with van der Waals surface area (Å²) in [6.45, 7) is 3.71. The first-order valence-corrected chi connectivity index (χ1v) is 6.98. The van der Waals surface area contributed by atoms with Crippen LogP contribution in [0.25, 0.3) is 0 Å². The van der Waals surface area contributed by atoms with Crippen LogP contribution in [0.1, 0.15) is 18.3 Å². The van der Waals surface area contributed by atoms with Gasteiger partial charge < -0.3 is 4.98 Å². The van der Waals surface area contributed by atoms with Crippen LogP contribution in [0.2, 0.25) is 0 Å². The van der Waals surface area contributed by atoms with Crippen LogP contribution in [0.15, 0.2) is 29.7 Å².